The molecule has 0 radical (unpaired) electrons. The molecule has 7 nitrogen and oxygen atoms in total. The summed E-state index contributed by atoms with van der Waals surface area (Å²) in [5.74, 6) is 0.821. The van der Waals surface area contributed by atoms with Crippen LogP contribution < -0.4 is 5.32 Å². The number of rotatable bonds is 3. The molecule has 0 spiro atoms. The number of anilines is 1. The van der Waals surface area contributed by atoms with Gasteiger partial charge in [0.15, 0.2) is 0 Å². The molecule has 1 aliphatic rings. The van der Waals surface area contributed by atoms with E-state index >= 15 is 0 Å². The summed E-state index contributed by atoms with van der Waals surface area (Å²) in [6, 6.07) is 16.1. The lowest BCUT2D eigenvalue weighted by molar-refractivity contribution is -0.116. The molecule has 0 fully saturated rings. The molecule has 7 heteroatoms. The van der Waals surface area contributed by atoms with Gasteiger partial charge in [0.25, 0.3) is 5.95 Å². The van der Waals surface area contributed by atoms with E-state index in [-0.39, 0.29) is 11.8 Å². The maximum atomic E-state index is 12.6. The number of benzene rings is 2. The molecule has 2 aromatic carbocycles. The molecule has 0 bridgehead atoms. The predicted octanol–water partition coefficient (Wildman–Crippen LogP) is 4.12. The van der Waals surface area contributed by atoms with Crippen LogP contribution in [0.1, 0.15) is 40.3 Å². The van der Waals surface area contributed by atoms with Gasteiger partial charge in [0.2, 0.25) is 5.91 Å². The summed E-state index contributed by atoms with van der Waals surface area (Å²) in [6.07, 6.45) is 2.00. The first-order chi connectivity index (χ1) is 15.0. The third kappa shape index (κ3) is 3.38. The molecule has 0 unspecified atom stereocenters. The zero-order chi connectivity index (χ0) is 21.5. The van der Waals surface area contributed by atoms with Crippen molar-refractivity contribution in [2.75, 3.05) is 5.32 Å². The summed E-state index contributed by atoms with van der Waals surface area (Å²) < 4.78 is 1.59. The quantitative estimate of drug-likeness (QED) is 0.549. The van der Waals surface area contributed by atoms with Crippen LogP contribution in [0.3, 0.4) is 0 Å². The third-order valence-electron chi connectivity index (χ3n) is 5.84. The average molecular weight is 410 g/mol. The van der Waals surface area contributed by atoms with E-state index in [0.29, 0.717) is 23.9 Å². The maximum absolute atomic E-state index is 12.6. The van der Waals surface area contributed by atoms with Crippen LogP contribution in [0.15, 0.2) is 54.7 Å². The van der Waals surface area contributed by atoms with Crippen molar-refractivity contribution < 1.29 is 4.79 Å². The minimum Gasteiger partial charge on any atom is -0.310 e. The minimum atomic E-state index is -0.0675. The van der Waals surface area contributed by atoms with Crippen LogP contribution in [0.4, 0.5) is 5.82 Å². The van der Waals surface area contributed by atoms with Crippen molar-refractivity contribution in [2.45, 2.75) is 33.1 Å². The summed E-state index contributed by atoms with van der Waals surface area (Å²) >= 11 is 0. The lowest BCUT2D eigenvalue weighted by atomic mass is 9.84. The van der Waals surface area contributed by atoms with Crippen LogP contribution in [0.2, 0.25) is 0 Å². The van der Waals surface area contributed by atoms with Crippen LogP contribution in [-0.2, 0) is 4.79 Å². The summed E-state index contributed by atoms with van der Waals surface area (Å²) in [6.45, 7) is 6.13. The molecule has 0 saturated carbocycles. The van der Waals surface area contributed by atoms with E-state index in [1.165, 1.54) is 11.1 Å². The summed E-state index contributed by atoms with van der Waals surface area (Å²) in [7, 11) is 0. The van der Waals surface area contributed by atoms with Crippen LogP contribution in [0, 0.1) is 20.8 Å². The number of amides is 1. The number of nitrogens with zero attached hydrogens (tertiary/aromatic N) is 5. The van der Waals surface area contributed by atoms with Crippen LogP contribution >= 0.6 is 0 Å². The van der Waals surface area contributed by atoms with Crippen molar-refractivity contribution in [2.24, 2.45) is 0 Å². The number of hydrogen-bond acceptors (Lipinski definition) is 5. The zero-order valence-corrected chi connectivity index (χ0v) is 17.6. The van der Waals surface area contributed by atoms with Gasteiger partial charge in [-0.25, -0.2) is 4.98 Å². The molecule has 0 aliphatic carbocycles. The van der Waals surface area contributed by atoms with Gasteiger partial charge >= 0.3 is 0 Å². The molecular formula is C24H22N6O. The average Bonchev–Trinajstić information content (AvgIpc) is 3.12. The Kier molecular flexibility index (Phi) is 4.58. The van der Waals surface area contributed by atoms with Crippen molar-refractivity contribution in [1.29, 1.82) is 0 Å². The second-order valence-corrected chi connectivity index (χ2v) is 7.92. The minimum absolute atomic E-state index is 0.0518. The van der Waals surface area contributed by atoms with Gasteiger partial charge in [-0.15, -0.1) is 5.10 Å². The van der Waals surface area contributed by atoms with E-state index in [9.17, 15) is 4.79 Å². The van der Waals surface area contributed by atoms with Crippen LogP contribution in [0.25, 0.3) is 17.2 Å². The van der Waals surface area contributed by atoms with Crippen molar-refractivity contribution in [3.63, 3.8) is 0 Å². The Balaban J connectivity index is 1.63. The molecule has 4 aromatic rings. The highest BCUT2D eigenvalue weighted by Crippen LogP contribution is 2.40. The Hall–Kier alpha value is -3.87. The Labute approximate surface area is 180 Å². The lowest BCUT2D eigenvalue weighted by Crippen LogP contribution is -2.25. The number of hydrogen-bond donors (Lipinski definition) is 1. The number of aromatic nitrogens is 5. The first-order valence-corrected chi connectivity index (χ1v) is 10.2. The Morgan fingerprint density at radius 3 is 2.61 bits per heavy atom. The molecule has 154 valence electrons. The van der Waals surface area contributed by atoms with E-state index in [2.05, 4.69) is 57.6 Å². The molecule has 2 aromatic heterocycles. The van der Waals surface area contributed by atoms with E-state index in [0.717, 1.165) is 22.4 Å². The molecule has 5 rings (SSSR count). The van der Waals surface area contributed by atoms with Crippen LogP contribution in [0.5, 0.6) is 0 Å². The monoisotopic (exact) mass is 410 g/mol. The van der Waals surface area contributed by atoms with Crippen molar-refractivity contribution in [1.82, 2.24) is 25.0 Å². The van der Waals surface area contributed by atoms with Gasteiger partial charge in [-0.1, -0.05) is 48.5 Å². The van der Waals surface area contributed by atoms with Crippen molar-refractivity contribution in [3.8, 4) is 17.2 Å². The van der Waals surface area contributed by atoms with Gasteiger partial charge in [-0.2, -0.15) is 14.9 Å². The summed E-state index contributed by atoms with van der Waals surface area (Å²) in [5, 5.41) is 16.0. The Morgan fingerprint density at radius 2 is 1.84 bits per heavy atom. The van der Waals surface area contributed by atoms with E-state index in [1.807, 2.05) is 37.3 Å². The van der Waals surface area contributed by atoms with Gasteiger partial charge < -0.3 is 5.32 Å². The second-order valence-electron chi connectivity index (χ2n) is 7.92. The van der Waals surface area contributed by atoms with Crippen molar-refractivity contribution >= 4 is 11.7 Å². The first kappa shape index (κ1) is 19.1. The predicted molar refractivity (Wildman–Crippen MR) is 118 cm³/mol. The number of carbonyl (C=O) groups excluding carboxylic acids is 1. The SMILES string of the molecule is Cc1ccc([C@H]2CC(=O)Nc3c2c(C)nn3-c2nncc(-c3ccccc3)n2)cc1C. The second kappa shape index (κ2) is 7.43. The Bertz CT molecular complexity index is 1290. The molecule has 1 atom stereocenters. The fraction of sp³-hybridized carbons (Fsp3) is 0.208. The fourth-order valence-corrected chi connectivity index (χ4v) is 4.09. The molecule has 31 heavy (non-hydrogen) atoms. The molecule has 1 aliphatic heterocycles. The van der Waals surface area contributed by atoms with Gasteiger partial charge in [0.1, 0.15) is 5.82 Å². The molecule has 1 N–H and O–H groups in total. The number of nitrogens with one attached hydrogen (secondary N) is 1. The van der Waals surface area contributed by atoms with Crippen LogP contribution in [-0.4, -0.2) is 30.9 Å². The van der Waals surface area contributed by atoms with Gasteiger partial charge in [0, 0.05) is 23.5 Å². The normalized spacial score (nSPS) is 15.5. The molecular weight excluding hydrogens is 388 g/mol. The largest absolute Gasteiger partial charge is 0.310 e. The zero-order valence-electron chi connectivity index (χ0n) is 17.6. The summed E-state index contributed by atoms with van der Waals surface area (Å²) in [4.78, 5) is 17.3. The van der Waals surface area contributed by atoms with E-state index in [4.69, 9.17) is 0 Å². The highest BCUT2D eigenvalue weighted by molar-refractivity contribution is 5.95. The highest BCUT2D eigenvalue weighted by atomic mass is 16.1. The van der Waals surface area contributed by atoms with Crippen molar-refractivity contribution in [3.05, 3.63) is 82.7 Å². The van der Waals surface area contributed by atoms with Gasteiger partial charge in [-0.05, 0) is 37.5 Å². The Morgan fingerprint density at radius 1 is 1.03 bits per heavy atom. The van der Waals surface area contributed by atoms with Gasteiger partial charge in [-0.3, -0.25) is 4.79 Å². The molecule has 1 amide bonds. The standard InChI is InChI=1S/C24H22N6O/c1-14-9-10-18(11-15(14)2)19-12-21(31)27-23-22(19)16(3)29-30(23)24-26-20(13-25-28-24)17-7-5-4-6-8-17/h4-11,13,19H,12H2,1-3H3,(H,27,31)/t19-/m1/s1. The first-order valence-electron chi connectivity index (χ1n) is 10.2. The lowest BCUT2D eigenvalue weighted by Gasteiger charge is -2.24. The molecule has 3 heterocycles. The van der Waals surface area contributed by atoms with Gasteiger partial charge in [0.05, 0.1) is 17.6 Å². The summed E-state index contributed by atoms with van der Waals surface area (Å²) in [5.41, 5.74) is 7.02. The molecule has 0 saturated heterocycles. The van der Waals surface area contributed by atoms with E-state index < -0.39 is 0 Å². The maximum Gasteiger partial charge on any atom is 0.272 e. The highest BCUT2D eigenvalue weighted by Gasteiger charge is 2.33. The van der Waals surface area contributed by atoms with E-state index in [1.54, 1.807) is 10.9 Å². The number of fused-ring (bicyclic) bond motifs is 1. The number of aryl methyl sites for hydroxylation is 3. The smallest absolute Gasteiger partial charge is 0.272 e. The number of carbonyl (C=O) groups is 1. The topological polar surface area (TPSA) is 85.6 Å². The fourth-order valence-electron chi connectivity index (χ4n) is 4.09. The third-order valence-corrected chi connectivity index (χ3v) is 5.84.